The number of benzene rings is 2. The molecule has 1 fully saturated rings. The highest BCUT2D eigenvalue weighted by Gasteiger charge is 2.32. The summed E-state index contributed by atoms with van der Waals surface area (Å²) in [5.41, 5.74) is 0.994. The van der Waals surface area contributed by atoms with Gasteiger partial charge in [-0.05, 0) is 87.2 Å². The average molecular weight is 618 g/mol. The molecule has 2 aromatic rings. The lowest BCUT2D eigenvalue weighted by Gasteiger charge is -2.37. The minimum Gasteiger partial charge on any atom is -0.406 e. The quantitative estimate of drug-likeness (QED) is 0.238. The third-order valence-corrected chi connectivity index (χ3v) is 9.38. The number of ether oxygens (including phenoxy) is 2. The molecule has 8 nitrogen and oxygen atoms in total. The molecule has 2 aromatic carbocycles. The Morgan fingerprint density at radius 3 is 2.31 bits per heavy atom. The zero-order valence-corrected chi connectivity index (χ0v) is 24.9. The van der Waals surface area contributed by atoms with Crippen LogP contribution in [-0.4, -0.2) is 77.3 Å². The third kappa shape index (κ3) is 10.2. The molecule has 0 spiro atoms. The van der Waals surface area contributed by atoms with E-state index in [9.17, 15) is 30.8 Å². The molecule has 0 heterocycles. The zero-order valence-electron chi connectivity index (χ0n) is 24.1. The molecule has 1 amide bonds. The molecule has 1 N–H and O–H groups in total. The van der Waals surface area contributed by atoms with Gasteiger partial charge in [0.05, 0.1) is 11.5 Å². The van der Waals surface area contributed by atoms with E-state index in [2.05, 4.69) is 15.0 Å². The van der Waals surface area contributed by atoms with Gasteiger partial charge in [-0.25, -0.2) is 12.8 Å². The lowest BCUT2D eigenvalue weighted by molar-refractivity contribution is -0.274. The Morgan fingerprint density at radius 1 is 1.05 bits per heavy atom. The van der Waals surface area contributed by atoms with Crippen molar-refractivity contribution in [2.45, 2.75) is 49.4 Å². The summed E-state index contributed by atoms with van der Waals surface area (Å²) >= 11 is 0. The number of alkyl halides is 3. The Labute approximate surface area is 245 Å². The first-order chi connectivity index (χ1) is 19.8. The number of halogens is 4. The van der Waals surface area contributed by atoms with Crippen molar-refractivity contribution in [1.82, 2.24) is 14.5 Å². The maximum atomic E-state index is 13.8. The van der Waals surface area contributed by atoms with Crippen molar-refractivity contribution in [2.24, 2.45) is 11.8 Å². The molecule has 0 saturated heterocycles. The molecule has 42 heavy (non-hydrogen) atoms. The van der Waals surface area contributed by atoms with Crippen molar-refractivity contribution in [3.05, 3.63) is 59.9 Å². The third-order valence-electron chi connectivity index (χ3n) is 7.51. The van der Waals surface area contributed by atoms with Gasteiger partial charge < -0.3 is 19.7 Å². The van der Waals surface area contributed by atoms with E-state index < -0.39 is 22.1 Å². The lowest BCUT2D eigenvalue weighted by atomic mass is 9.75. The van der Waals surface area contributed by atoms with Crippen LogP contribution in [-0.2, 0) is 19.6 Å². The van der Waals surface area contributed by atoms with Crippen LogP contribution in [0.5, 0.6) is 5.75 Å². The van der Waals surface area contributed by atoms with Crippen LogP contribution in [0, 0.1) is 17.7 Å². The number of likely N-dealkylation sites (N-methyl/N-ethyl adjacent to an activating group) is 1. The first-order valence-electron chi connectivity index (χ1n) is 13.8. The van der Waals surface area contributed by atoms with E-state index in [1.807, 2.05) is 20.2 Å². The van der Waals surface area contributed by atoms with Gasteiger partial charge in [0.1, 0.15) is 18.2 Å². The minimum atomic E-state index is -4.87. The molecule has 1 atom stereocenters. The zero-order chi connectivity index (χ0) is 30.9. The maximum Gasteiger partial charge on any atom is 0.573 e. The lowest BCUT2D eigenvalue weighted by Crippen LogP contribution is -2.34. The molecule has 13 heteroatoms. The average Bonchev–Trinajstić information content (AvgIpc) is 2.91. The summed E-state index contributed by atoms with van der Waals surface area (Å²) in [4.78, 5) is 14.1. The van der Waals surface area contributed by atoms with E-state index in [0.717, 1.165) is 66.2 Å². The number of nitrogens with one attached hydrogen (secondary N) is 1. The van der Waals surface area contributed by atoms with Gasteiger partial charge in [0.15, 0.2) is 0 Å². The topological polar surface area (TPSA) is 88.2 Å². The normalized spacial score (nSPS) is 18.7. The maximum absolute atomic E-state index is 13.8. The van der Waals surface area contributed by atoms with Crippen LogP contribution < -0.4 is 10.1 Å². The minimum absolute atomic E-state index is 0.0409. The Kier molecular flexibility index (Phi) is 12.2. The van der Waals surface area contributed by atoms with Crippen molar-refractivity contribution in [3.63, 3.8) is 0 Å². The molecule has 0 aliphatic heterocycles. The number of rotatable bonds is 14. The number of sulfonamides is 1. The standard InChI is InChI=1S/C29H39F4N3O5S/c1-35(2)28(23-5-4-6-24(30)19-23)22-9-7-21(8-10-22)15-16-34-27(37)20-40-18-17-36(3)42(38,39)26-13-11-25(12-14-26)41-29(31,32)33/h4-6,11-14,19,21-22,28H,7-10,15-18,20H2,1-3H3,(H,34,37). The summed E-state index contributed by atoms with van der Waals surface area (Å²) in [5.74, 6) is -0.119. The van der Waals surface area contributed by atoms with E-state index in [-0.39, 0.29) is 42.4 Å². The van der Waals surface area contributed by atoms with Gasteiger partial charge in [0.25, 0.3) is 0 Å². The number of hydrogen-bond acceptors (Lipinski definition) is 6. The second-order valence-electron chi connectivity index (χ2n) is 10.8. The van der Waals surface area contributed by atoms with Crippen molar-refractivity contribution in [2.75, 3.05) is 47.4 Å². The molecule has 234 valence electrons. The Morgan fingerprint density at radius 2 is 1.71 bits per heavy atom. The Hall–Kier alpha value is -2.74. The fourth-order valence-corrected chi connectivity index (χ4v) is 6.57. The summed E-state index contributed by atoms with van der Waals surface area (Å²) in [5, 5.41) is 2.84. The highest BCUT2D eigenvalue weighted by molar-refractivity contribution is 7.89. The largest absolute Gasteiger partial charge is 0.573 e. The van der Waals surface area contributed by atoms with E-state index in [4.69, 9.17) is 4.74 Å². The fourth-order valence-electron chi connectivity index (χ4n) is 5.41. The molecule has 1 aliphatic carbocycles. The monoisotopic (exact) mass is 617 g/mol. The van der Waals surface area contributed by atoms with Crippen molar-refractivity contribution < 1.29 is 40.2 Å². The molecule has 3 rings (SSSR count). The highest BCUT2D eigenvalue weighted by Crippen LogP contribution is 2.40. The van der Waals surface area contributed by atoms with Crippen LogP contribution in [0.1, 0.15) is 43.7 Å². The number of amides is 1. The molecular weight excluding hydrogens is 578 g/mol. The molecule has 1 saturated carbocycles. The van der Waals surface area contributed by atoms with Crippen LogP contribution in [0.25, 0.3) is 0 Å². The van der Waals surface area contributed by atoms with Crippen LogP contribution in [0.4, 0.5) is 17.6 Å². The number of carbonyl (C=O) groups excluding carboxylic acids is 1. The van der Waals surface area contributed by atoms with Gasteiger partial charge in [-0.1, -0.05) is 25.0 Å². The smallest absolute Gasteiger partial charge is 0.406 e. The van der Waals surface area contributed by atoms with Crippen molar-refractivity contribution in [3.8, 4) is 5.75 Å². The Balaban J connectivity index is 1.32. The van der Waals surface area contributed by atoms with Crippen LogP contribution in [0.15, 0.2) is 53.4 Å². The SMILES string of the molecule is CN(C)C(c1cccc(F)c1)C1CCC(CCNC(=O)COCCN(C)S(=O)(=O)c2ccc(OC(F)(F)F)cc2)CC1. The second kappa shape index (κ2) is 15.1. The fraction of sp³-hybridized carbons (Fsp3) is 0.552. The number of nitrogens with zero attached hydrogens (tertiary/aromatic N) is 2. The van der Waals surface area contributed by atoms with E-state index in [1.165, 1.54) is 13.1 Å². The van der Waals surface area contributed by atoms with Crippen LogP contribution in [0.3, 0.4) is 0 Å². The molecule has 1 unspecified atom stereocenters. The summed E-state index contributed by atoms with van der Waals surface area (Å²) in [6.07, 6.45) is 0.110. The van der Waals surface area contributed by atoms with Crippen LogP contribution >= 0.6 is 0 Å². The summed E-state index contributed by atoms with van der Waals surface area (Å²) in [7, 11) is 1.40. The molecule has 1 aliphatic rings. The first-order valence-corrected chi connectivity index (χ1v) is 15.3. The van der Waals surface area contributed by atoms with Gasteiger partial charge in [0, 0.05) is 26.2 Å². The van der Waals surface area contributed by atoms with Gasteiger partial charge in [-0.3, -0.25) is 4.79 Å². The van der Waals surface area contributed by atoms with Gasteiger partial charge in [-0.2, -0.15) is 4.31 Å². The van der Waals surface area contributed by atoms with E-state index in [0.29, 0.717) is 18.4 Å². The van der Waals surface area contributed by atoms with E-state index >= 15 is 0 Å². The Bertz CT molecular complexity index is 1250. The van der Waals surface area contributed by atoms with Gasteiger partial charge >= 0.3 is 6.36 Å². The second-order valence-corrected chi connectivity index (χ2v) is 12.8. The number of hydrogen-bond donors (Lipinski definition) is 1. The predicted molar refractivity (Wildman–Crippen MR) is 150 cm³/mol. The summed E-state index contributed by atoms with van der Waals surface area (Å²) in [6, 6.07) is 10.9. The van der Waals surface area contributed by atoms with Crippen molar-refractivity contribution >= 4 is 15.9 Å². The van der Waals surface area contributed by atoms with Crippen molar-refractivity contribution in [1.29, 1.82) is 0 Å². The van der Waals surface area contributed by atoms with Gasteiger partial charge in [-0.15, -0.1) is 13.2 Å². The van der Waals surface area contributed by atoms with Crippen LogP contribution in [0.2, 0.25) is 0 Å². The van der Waals surface area contributed by atoms with E-state index in [1.54, 1.807) is 12.1 Å². The summed E-state index contributed by atoms with van der Waals surface area (Å²) in [6.45, 7) is 0.202. The number of carbonyl (C=O) groups is 1. The van der Waals surface area contributed by atoms with Gasteiger partial charge in [0.2, 0.25) is 15.9 Å². The molecular formula is C29H39F4N3O5S. The molecule has 0 radical (unpaired) electrons. The molecule has 0 bridgehead atoms. The first kappa shape index (κ1) is 33.8. The predicted octanol–water partition coefficient (Wildman–Crippen LogP) is 4.98. The summed E-state index contributed by atoms with van der Waals surface area (Å²) < 4.78 is 86.1. The highest BCUT2D eigenvalue weighted by atomic mass is 32.2. The molecule has 0 aromatic heterocycles.